The maximum Gasteiger partial charge on any atom is 0.269 e. The fourth-order valence-corrected chi connectivity index (χ4v) is 2.37. The van der Waals surface area contributed by atoms with Crippen molar-refractivity contribution in [2.75, 3.05) is 18.0 Å². The Labute approximate surface area is 148 Å². The minimum atomic E-state index is -0.432. The highest BCUT2D eigenvalue weighted by Crippen LogP contribution is 2.24. The first-order valence-electron chi connectivity index (χ1n) is 8.50. The lowest BCUT2D eigenvalue weighted by atomic mass is 10.1. The molecule has 0 amide bonds. The number of benzene rings is 2. The number of rotatable bonds is 8. The number of hydrogen-bond acceptors (Lipinski definition) is 5. The van der Waals surface area contributed by atoms with Gasteiger partial charge in [-0.3, -0.25) is 10.1 Å². The lowest BCUT2D eigenvalue weighted by molar-refractivity contribution is -0.384. The standard InChI is InChI=1S/C19H24N4O2/c1-4-22(14-13-15(2)3)18-9-5-16(6-10-18)20-21-17-7-11-19(12-8-17)23(24)25/h5-12,15H,4,13-14H2,1-3H3. The van der Waals surface area contributed by atoms with Gasteiger partial charge in [0.1, 0.15) is 0 Å². The van der Waals surface area contributed by atoms with Crippen molar-refractivity contribution in [3.63, 3.8) is 0 Å². The molecule has 2 aromatic carbocycles. The van der Waals surface area contributed by atoms with E-state index in [1.54, 1.807) is 12.1 Å². The molecular weight excluding hydrogens is 316 g/mol. The molecule has 0 aromatic heterocycles. The van der Waals surface area contributed by atoms with E-state index in [0.717, 1.165) is 25.2 Å². The predicted molar refractivity (Wildman–Crippen MR) is 101 cm³/mol. The fourth-order valence-electron chi connectivity index (χ4n) is 2.37. The van der Waals surface area contributed by atoms with Crippen LogP contribution in [-0.4, -0.2) is 18.0 Å². The van der Waals surface area contributed by atoms with Crippen LogP contribution in [0.3, 0.4) is 0 Å². The van der Waals surface area contributed by atoms with E-state index < -0.39 is 4.92 Å². The van der Waals surface area contributed by atoms with Gasteiger partial charge < -0.3 is 4.90 Å². The molecule has 2 aromatic rings. The van der Waals surface area contributed by atoms with Crippen LogP contribution in [0.5, 0.6) is 0 Å². The molecule has 0 aliphatic carbocycles. The first-order chi connectivity index (χ1) is 12.0. The summed E-state index contributed by atoms with van der Waals surface area (Å²) in [6.45, 7) is 8.63. The Morgan fingerprint density at radius 3 is 1.96 bits per heavy atom. The van der Waals surface area contributed by atoms with Gasteiger partial charge in [-0.25, -0.2) is 0 Å². The van der Waals surface area contributed by atoms with Gasteiger partial charge in [-0.05, 0) is 55.7 Å². The number of nitrogens with zero attached hydrogens (tertiary/aromatic N) is 4. The molecule has 2 rings (SSSR count). The van der Waals surface area contributed by atoms with Crippen molar-refractivity contribution in [2.24, 2.45) is 16.1 Å². The Balaban J connectivity index is 2.02. The van der Waals surface area contributed by atoms with Crippen LogP contribution in [0.1, 0.15) is 27.2 Å². The molecule has 0 aliphatic rings. The summed E-state index contributed by atoms with van der Waals surface area (Å²) in [5, 5.41) is 18.9. The zero-order valence-corrected chi connectivity index (χ0v) is 14.9. The zero-order chi connectivity index (χ0) is 18.2. The average Bonchev–Trinajstić information content (AvgIpc) is 2.61. The van der Waals surface area contributed by atoms with E-state index in [2.05, 4.69) is 35.9 Å². The zero-order valence-electron chi connectivity index (χ0n) is 14.9. The van der Waals surface area contributed by atoms with Gasteiger partial charge in [0.05, 0.1) is 16.3 Å². The summed E-state index contributed by atoms with van der Waals surface area (Å²) in [5.74, 6) is 0.684. The van der Waals surface area contributed by atoms with Gasteiger partial charge in [0, 0.05) is 30.9 Å². The summed E-state index contributed by atoms with van der Waals surface area (Å²) in [6.07, 6.45) is 1.16. The van der Waals surface area contributed by atoms with Crippen molar-refractivity contribution in [3.8, 4) is 0 Å². The van der Waals surface area contributed by atoms with Crippen molar-refractivity contribution < 1.29 is 4.92 Å². The van der Waals surface area contributed by atoms with Crippen LogP contribution < -0.4 is 4.90 Å². The van der Waals surface area contributed by atoms with Crippen LogP contribution in [0.2, 0.25) is 0 Å². The lowest BCUT2D eigenvalue weighted by Crippen LogP contribution is -2.24. The monoisotopic (exact) mass is 340 g/mol. The van der Waals surface area contributed by atoms with E-state index >= 15 is 0 Å². The highest BCUT2D eigenvalue weighted by molar-refractivity contribution is 5.53. The average molecular weight is 340 g/mol. The normalized spacial score (nSPS) is 11.2. The quantitative estimate of drug-likeness (QED) is 0.342. The van der Waals surface area contributed by atoms with Crippen LogP contribution >= 0.6 is 0 Å². The summed E-state index contributed by atoms with van der Waals surface area (Å²) in [5.41, 5.74) is 2.56. The van der Waals surface area contributed by atoms with Gasteiger partial charge in [0.25, 0.3) is 5.69 Å². The number of non-ortho nitro benzene ring substituents is 1. The maximum atomic E-state index is 10.6. The van der Waals surface area contributed by atoms with E-state index in [9.17, 15) is 10.1 Å². The number of nitro benzene ring substituents is 1. The molecule has 0 N–H and O–H groups in total. The molecule has 6 nitrogen and oxygen atoms in total. The van der Waals surface area contributed by atoms with Gasteiger partial charge in [-0.2, -0.15) is 10.2 Å². The number of anilines is 1. The Morgan fingerprint density at radius 2 is 1.52 bits per heavy atom. The Kier molecular flexibility index (Phi) is 6.62. The third kappa shape index (κ3) is 5.67. The Morgan fingerprint density at radius 1 is 1.00 bits per heavy atom. The smallest absolute Gasteiger partial charge is 0.269 e. The topological polar surface area (TPSA) is 71.1 Å². The summed E-state index contributed by atoms with van der Waals surface area (Å²) >= 11 is 0. The van der Waals surface area contributed by atoms with Gasteiger partial charge >= 0.3 is 0 Å². The molecule has 25 heavy (non-hydrogen) atoms. The molecular formula is C19H24N4O2. The second-order valence-corrected chi connectivity index (χ2v) is 6.25. The largest absolute Gasteiger partial charge is 0.372 e. The molecule has 0 spiro atoms. The van der Waals surface area contributed by atoms with Crippen LogP contribution in [-0.2, 0) is 0 Å². The predicted octanol–water partition coefficient (Wildman–Crippen LogP) is 5.88. The highest BCUT2D eigenvalue weighted by atomic mass is 16.6. The second kappa shape index (κ2) is 8.92. The molecule has 0 saturated carbocycles. The van der Waals surface area contributed by atoms with E-state index in [0.29, 0.717) is 11.6 Å². The number of azo groups is 1. The molecule has 0 heterocycles. The van der Waals surface area contributed by atoms with Gasteiger partial charge in [-0.15, -0.1) is 0 Å². The van der Waals surface area contributed by atoms with Gasteiger partial charge in [0.2, 0.25) is 0 Å². The van der Waals surface area contributed by atoms with Crippen molar-refractivity contribution in [2.45, 2.75) is 27.2 Å². The first-order valence-corrected chi connectivity index (χ1v) is 8.50. The minimum absolute atomic E-state index is 0.0457. The first kappa shape index (κ1) is 18.6. The minimum Gasteiger partial charge on any atom is -0.372 e. The van der Waals surface area contributed by atoms with Crippen molar-refractivity contribution in [1.29, 1.82) is 0 Å². The Bertz CT molecular complexity index is 709. The SMILES string of the molecule is CCN(CCC(C)C)c1ccc(N=Nc2ccc([N+](=O)[O-])cc2)cc1. The molecule has 132 valence electrons. The van der Waals surface area contributed by atoms with E-state index in [4.69, 9.17) is 0 Å². The maximum absolute atomic E-state index is 10.6. The third-order valence-corrected chi connectivity index (χ3v) is 3.91. The van der Waals surface area contributed by atoms with Gasteiger partial charge in [-0.1, -0.05) is 13.8 Å². The van der Waals surface area contributed by atoms with Gasteiger partial charge in [0.15, 0.2) is 0 Å². The van der Waals surface area contributed by atoms with Crippen LogP contribution in [0.15, 0.2) is 58.8 Å². The third-order valence-electron chi connectivity index (χ3n) is 3.91. The molecule has 0 radical (unpaired) electrons. The molecule has 6 heteroatoms. The summed E-state index contributed by atoms with van der Waals surface area (Å²) < 4.78 is 0. The van der Waals surface area contributed by atoms with Crippen LogP contribution in [0.25, 0.3) is 0 Å². The van der Waals surface area contributed by atoms with Crippen LogP contribution in [0.4, 0.5) is 22.7 Å². The van der Waals surface area contributed by atoms with E-state index in [1.165, 1.54) is 17.8 Å². The summed E-state index contributed by atoms with van der Waals surface area (Å²) in [7, 11) is 0. The van der Waals surface area contributed by atoms with E-state index in [1.807, 2.05) is 24.3 Å². The fraction of sp³-hybridized carbons (Fsp3) is 0.368. The second-order valence-electron chi connectivity index (χ2n) is 6.25. The Hall–Kier alpha value is -2.76. The molecule has 0 fully saturated rings. The van der Waals surface area contributed by atoms with Crippen molar-refractivity contribution in [3.05, 3.63) is 58.6 Å². The molecule has 0 atom stereocenters. The lowest BCUT2D eigenvalue weighted by Gasteiger charge is -2.24. The van der Waals surface area contributed by atoms with E-state index in [-0.39, 0.29) is 5.69 Å². The molecule has 0 bridgehead atoms. The number of hydrogen-bond donors (Lipinski definition) is 0. The molecule has 0 saturated heterocycles. The number of nitro groups is 1. The summed E-state index contributed by atoms with van der Waals surface area (Å²) in [6, 6.07) is 14.0. The van der Waals surface area contributed by atoms with Crippen molar-refractivity contribution >= 4 is 22.7 Å². The van der Waals surface area contributed by atoms with Crippen molar-refractivity contribution in [1.82, 2.24) is 0 Å². The highest BCUT2D eigenvalue weighted by Gasteiger charge is 2.06. The summed E-state index contributed by atoms with van der Waals surface area (Å²) in [4.78, 5) is 12.5. The van der Waals surface area contributed by atoms with Crippen LogP contribution in [0, 0.1) is 16.0 Å². The molecule has 0 aliphatic heterocycles. The molecule has 0 unspecified atom stereocenters.